The minimum atomic E-state index is -0.438. The predicted molar refractivity (Wildman–Crippen MR) is 73.2 cm³/mol. The third-order valence-corrected chi connectivity index (χ3v) is 3.45. The van der Waals surface area contributed by atoms with Gasteiger partial charge in [-0.2, -0.15) is 0 Å². The minimum Gasteiger partial charge on any atom is -0.482 e. The van der Waals surface area contributed by atoms with Crippen molar-refractivity contribution >= 4 is 17.5 Å². The molecule has 1 aliphatic rings. The third kappa shape index (κ3) is 4.33. The van der Waals surface area contributed by atoms with Crippen molar-refractivity contribution in [1.82, 2.24) is 10.4 Å². The first kappa shape index (κ1) is 15.0. The van der Waals surface area contributed by atoms with Gasteiger partial charge < -0.3 is 9.64 Å². The van der Waals surface area contributed by atoms with Gasteiger partial charge in [-0.1, -0.05) is 11.6 Å². The van der Waals surface area contributed by atoms with Gasteiger partial charge in [-0.15, -0.1) is 0 Å². The van der Waals surface area contributed by atoms with E-state index in [1.54, 1.807) is 0 Å². The van der Waals surface area contributed by atoms with Gasteiger partial charge in [0.05, 0.1) is 38.2 Å². The van der Waals surface area contributed by atoms with Crippen molar-refractivity contribution in [2.75, 3.05) is 39.8 Å². The van der Waals surface area contributed by atoms with Crippen molar-refractivity contribution in [3.05, 3.63) is 29.0 Å². The Hall–Kier alpha value is -1.37. The van der Waals surface area contributed by atoms with Crippen LogP contribution < -0.4 is 15.1 Å². The predicted octanol–water partition coefficient (Wildman–Crippen LogP) is -0.281. The molecule has 1 aromatic rings. The highest BCUT2D eigenvalue weighted by atomic mass is 35.5. The van der Waals surface area contributed by atoms with E-state index in [2.05, 4.69) is 12.5 Å². The van der Waals surface area contributed by atoms with E-state index in [0.717, 1.165) is 32.2 Å². The molecule has 0 spiro atoms. The van der Waals surface area contributed by atoms with Gasteiger partial charge in [-0.3, -0.25) is 10.2 Å². The van der Waals surface area contributed by atoms with E-state index in [-0.39, 0.29) is 17.5 Å². The molecule has 5 nitrogen and oxygen atoms in total. The summed E-state index contributed by atoms with van der Waals surface area (Å²) in [5.74, 6) is -0.386. The summed E-state index contributed by atoms with van der Waals surface area (Å²) in [6, 6.07) is 3.80. The molecule has 1 aromatic carbocycles. The highest BCUT2D eigenvalue weighted by Crippen LogP contribution is 2.24. The van der Waals surface area contributed by atoms with E-state index in [4.69, 9.17) is 16.3 Å². The maximum absolute atomic E-state index is 12.9. The van der Waals surface area contributed by atoms with Crippen molar-refractivity contribution in [2.45, 2.75) is 0 Å². The van der Waals surface area contributed by atoms with E-state index in [1.165, 1.54) is 17.0 Å². The number of halogens is 2. The van der Waals surface area contributed by atoms with Gasteiger partial charge in [0.1, 0.15) is 11.6 Å². The van der Waals surface area contributed by atoms with E-state index in [9.17, 15) is 9.18 Å². The lowest BCUT2D eigenvalue weighted by molar-refractivity contribution is -0.884. The molecular weight excluding hydrogens is 285 g/mol. The first-order valence-electron chi connectivity index (χ1n) is 6.48. The Kier molecular flexibility index (Phi) is 5.17. The molecule has 0 unspecified atom stereocenters. The number of carbonyl (C=O) groups is 1. The van der Waals surface area contributed by atoms with Crippen LogP contribution in [0.25, 0.3) is 0 Å². The molecule has 0 aliphatic carbocycles. The van der Waals surface area contributed by atoms with Gasteiger partial charge in [0.15, 0.2) is 6.61 Å². The molecule has 7 heteroatoms. The molecule has 0 bridgehead atoms. The van der Waals surface area contributed by atoms with Gasteiger partial charge in [0.2, 0.25) is 0 Å². The second kappa shape index (κ2) is 6.88. The van der Waals surface area contributed by atoms with E-state index >= 15 is 0 Å². The smallest absolute Gasteiger partial charge is 0.272 e. The fraction of sp³-hybridized carbons (Fsp3) is 0.462. The van der Waals surface area contributed by atoms with Gasteiger partial charge in [0, 0.05) is 0 Å². The van der Waals surface area contributed by atoms with Crippen molar-refractivity contribution in [1.29, 1.82) is 0 Å². The number of rotatable bonds is 4. The van der Waals surface area contributed by atoms with E-state index in [0.29, 0.717) is 5.75 Å². The quantitative estimate of drug-likeness (QED) is 0.804. The number of hydrazine groups is 1. The van der Waals surface area contributed by atoms with Crippen LogP contribution in [0.2, 0.25) is 5.02 Å². The summed E-state index contributed by atoms with van der Waals surface area (Å²) >= 11 is 5.81. The first-order valence-corrected chi connectivity index (χ1v) is 6.86. The Bertz CT molecular complexity index is 479. The van der Waals surface area contributed by atoms with Gasteiger partial charge >= 0.3 is 0 Å². The van der Waals surface area contributed by atoms with Crippen molar-refractivity contribution in [2.24, 2.45) is 0 Å². The minimum absolute atomic E-state index is 0.148. The van der Waals surface area contributed by atoms with Crippen LogP contribution in [-0.4, -0.2) is 50.7 Å². The molecule has 110 valence electrons. The molecule has 0 saturated carbocycles. The van der Waals surface area contributed by atoms with Crippen LogP contribution in [0.3, 0.4) is 0 Å². The average molecular weight is 303 g/mol. The van der Waals surface area contributed by atoms with Crippen LogP contribution in [0.4, 0.5) is 4.39 Å². The molecule has 1 fully saturated rings. The molecule has 1 heterocycles. The number of hydrogen-bond donors (Lipinski definition) is 2. The highest BCUT2D eigenvalue weighted by molar-refractivity contribution is 6.32. The fourth-order valence-electron chi connectivity index (χ4n) is 1.94. The molecule has 20 heavy (non-hydrogen) atoms. The van der Waals surface area contributed by atoms with Crippen LogP contribution in [0.15, 0.2) is 18.2 Å². The second-order valence-corrected chi connectivity index (χ2v) is 5.25. The van der Waals surface area contributed by atoms with Gasteiger partial charge in [-0.25, -0.2) is 9.40 Å². The maximum Gasteiger partial charge on any atom is 0.272 e. The number of nitrogens with zero attached hydrogens (tertiary/aromatic N) is 1. The summed E-state index contributed by atoms with van der Waals surface area (Å²) < 4.78 is 18.1. The Labute approximate surface area is 122 Å². The van der Waals surface area contributed by atoms with Crippen LogP contribution in [0, 0.1) is 5.82 Å². The van der Waals surface area contributed by atoms with Crippen LogP contribution in [0.5, 0.6) is 5.75 Å². The zero-order chi connectivity index (χ0) is 14.5. The Balaban J connectivity index is 1.77. The second-order valence-electron chi connectivity index (χ2n) is 4.84. The normalized spacial score (nSPS) is 16.9. The van der Waals surface area contributed by atoms with Crippen molar-refractivity contribution in [3.8, 4) is 5.75 Å². The summed E-state index contributed by atoms with van der Waals surface area (Å²) in [6.07, 6.45) is 0. The number of ether oxygens (including phenoxy) is 1. The van der Waals surface area contributed by atoms with Crippen LogP contribution >= 0.6 is 11.6 Å². The number of piperazine rings is 1. The zero-order valence-corrected chi connectivity index (χ0v) is 12.0. The molecule has 2 rings (SSSR count). The zero-order valence-electron chi connectivity index (χ0n) is 11.3. The number of quaternary nitrogens is 1. The van der Waals surface area contributed by atoms with Crippen LogP contribution in [0.1, 0.15) is 0 Å². The number of carbonyl (C=O) groups excluding carboxylic acids is 1. The molecule has 2 N–H and O–H groups in total. The van der Waals surface area contributed by atoms with Crippen LogP contribution in [-0.2, 0) is 4.79 Å². The SMILES string of the molecule is C[NH+]1CCN(NC(=O)COc2ccc(F)cc2Cl)CC1. The molecule has 1 amide bonds. The number of nitrogens with one attached hydrogen (secondary N) is 2. The maximum atomic E-state index is 12.9. The lowest BCUT2D eigenvalue weighted by Crippen LogP contribution is -3.12. The Morgan fingerprint density at radius 3 is 2.85 bits per heavy atom. The lowest BCUT2D eigenvalue weighted by atomic mass is 10.3. The Morgan fingerprint density at radius 1 is 1.50 bits per heavy atom. The number of likely N-dealkylation sites (N-methyl/N-ethyl adjacent to an activating group) is 1. The summed E-state index contributed by atoms with van der Waals surface area (Å²) in [7, 11) is 2.12. The number of benzene rings is 1. The molecule has 1 saturated heterocycles. The molecule has 0 aromatic heterocycles. The third-order valence-electron chi connectivity index (χ3n) is 3.15. The topological polar surface area (TPSA) is 46.0 Å². The standard InChI is InChI=1S/C13H17ClFN3O2/c1-17-4-6-18(7-5-17)16-13(19)9-20-12-3-2-10(15)8-11(12)14/h2-3,8H,4-7,9H2,1H3,(H,16,19)/p+1. The van der Waals surface area contributed by atoms with Crippen molar-refractivity contribution < 1.29 is 18.8 Å². The highest BCUT2D eigenvalue weighted by Gasteiger charge is 2.18. The largest absolute Gasteiger partial charge is 0.482 e. The fourth-order valence-corrected chi connectivity index (χ4v) is 2.17. The van der Waals surface area contributed by atoms with E-state index in [1.807, 2.05) is 5.01 Å². The number of amides is 1. The molecule has 1 aliphatic heterocycles. The van der Waals surface area contributed by atoms with Crippen molar-refractivity contribution in [3.63, 3.8) is 0 Å². The molecule has 0 atom stereocenters. The average Bonchev–Trinajstić information content (AvgIpc) is 2.40. The van der Waals surface area contributed by atoms with E-state index < -0.39 is 5.82 Å². The summed E-state index contributed by atoms with van der Waals surface area (Å²) in [5.41, 5.74) is 2.78. The summed E-state index contributed by atoms with van der Waals surface area (Å²) in [4.78, 5) is 13.2. The van der Waals surface area contributed by atoms with Gasteiger partial charge in [-0.05, 0) is 18.2 Å². The summed E-state index contributed by atoms with van der Waals surface area (Å²) in [6.45, 7) is 3.46. The lowest BCUT2D eigenvalue weighted by Gasteiger charge is -2.30. The monoisotopic (exact) mass is 302 g/mol. The first-order chi connectivity index (χ1) is 9.54. The number of hydrogen-bond acceptors (Lipinski definition) is 3. The molecule has 0 radical (unpaired) electrons. The summed E-state index contributed by atoms with van der Waals surface area (Å²) in [5, 5.41) is 2.03. The van der Waals surface area contributed by atoms with Gasteiger partial charge in [0.25, 0.3) is 5.91 Å². The Morgan fingerprint density at radius 2 is 2.20 bits per heavy atom. The molecular formula is C13H18ClFN3O2+.